The number of nitrogen functional groups attached to an aromatic ring is 1. The van der Waals surface area contributed by atoms with Crippen LogP contribution in [0.2, 0.25) is 10.0 Å². The Morgan fingerprint density at radius 2 is 1.79 bits per heavy atom. The van der Waals surface area contributed by atoms with Crippen LogP contribution < -0.4 is 16.0 Å². The van der Waals surface area contributed by atoms with Crippen LogP contribution in [0.25, 0.3) is 0 Å². The second-order valence-corrected chi connectivity index (χ2v) is 5.93. The highest BCUT2D eigenvalue weighted by Crippen LogP contribution is 2.31. The monoisotopic (exact) mass is 365 g/mol. The second kappa shape index (κ2) is 6.59. The summed E-state index contributed by atoms with van der Waals surface area (Å²) in [6.45, 7) is 0.854. The van der Waals surface area contributed by atoms with Gasteiger partial charge in [0.2, 0.25) is 0 Å². The number of nitrogens with one attached hydrogen (secondary N) is 1. The zero-order valence-electron chi connectivity index (χ0n) is 12.4. The van der Waals surface area contributed by atoms with Crippen molar-refractivity contribution >= 4 is 52.3 Å². The van der Waals surface area contributed by atoms with Crippen LogP contribution >= 0.6 is 23.2 Å². The summed E-state index contributed by atoms with van der Waals surface area (Å²) < 4.78 is 4.88. The third-order valence-corrected chi connectivity index (χ3v) is 4.16. The Balaban J connectivity index is 1.75. The summed E-state index contributed by atoms with van der Waals surface area (Å²) >= 11 is 11.9. The molecule has 0 aliphatic carbocycles. The van der Waals surface area contributed by atoms with Gasteiger partial charge in [0.1, 0.15) is 6.61 Å². The van der Waals surface area contributed by atoms with Gasteiger partial charge < -0.3 is 15.8 Å². The minimum Gasteiger partial charge on any atom is -0.447 e. The van der Waals surface area contributed by atoms with Crippen LogP contribution in [0.5, 0.6) is 0 Å². The van der Waals surface area contributed by atoms with E-state index in [1.54, 1.807) is 24.3 Å². The third kappa shape index (κ3) is 3.25. The Morgan fingerprint density at radius 1 is 1.17 bits per heavy atom. The molecule has 0 radical (unpaired) electrons. The van der Waals surface area contributed by atoms with E-state index in [4.69, 9.17) is 33.7 Å². The highest BCUT2D eigenvalue weighted by atomic mass is 35.5. The van der Waals surface area contributed by atoms with Gasteiger partial charge in [-0.2, -0.15) is 0 Å². The van der Waals surface area contributed by atoms with Crippen molar-refractivity contribution in [2.45, 2.75) is 0 Å². The molecule has 3 N–H and O–H groups in total. The van der Waals surface area contributed by atoms with Crippen LogP contribution in [0.4, 0.5) is 21.9 Å². The number of nitrogens with two attached hydrogens (primary N) is 1. The molecule has 2 aromatic carbocycles. The van der Waals surface area contributed by atoms with Gasteiger partial charge in [-0.1, -0.05) is 23.2 Å². The van der Waals surface area contributed by atoms with Gasteiger partial charge in [0.05, 0.1) is 22.3 Å². The van der Waals surface area contributed by atoms with E-state index in [1.165, 1.54) is 17.0 Å². The lowest BCUT2D eigenvalue weighted by molar-refractivity contribution is 0.102. The van der Waals surface area contributed by atoms with Gasteiger partial charge in [-0.3, -0.25) is 9.69 Å². The minimum atomic E-state index is -0.390. The lowest BCUT2D eigenvalue weighted by atomic mass is 10.1. The van der Waals surface area contributed by atoms with Crippen LogP contribution in [0, 0.1) is 0 Å². The number of carbonyl (C=O) groups excluding carboxylic acids is 2. The first-order chi connectivity index (χ1) is 11.5. The van der Waals surface area contributed by atoms with Crippen LogP contribution in [0.1, 0.15) is 10.4 Å². The molecule has 1 aliphatic heterocycles. The van der Waals surface area contributed by atoms with Crippen molar-refractivity contribution in [2.75, 3.05) is 29.1 Å². The average Bonchev–Trinajstić information content (AvgIpc) is 2.98. The summed E-state index contributed by atoms with van der Waals surface area (Å²) in [7, 11) is 0. The van der Waals surface area contributed by atoms with Crippen LogP contribution in [-0.2, 0) is 4.74 Å². The molecule has 1 fully saturated rings. The largest absolute Gasteiger partial charge is 0.447 e. The van der Waals surface area contributed by atoms with Crippen molar-refractivity contribution in [1.29, 1.82) is 0 Å². The zero-order chi connectivity index (χ0) is 17.3. The van der Waals surface area contributed by atoms with Crippen LogP contribution in [0.3, 0.4) is 0 Å². The van der Waals surface area contributed by atoms with E-state index in [2.05, 4.69) is 5.32 Å². The molecule has 6 nitrogen and oxygen atoms in total. The lowest BCUT2D eigenvalue weighted by Crippen LogP contribution is -2.23. The summed E-state index contributed by atoms with van der Waals surface area (Å²) in [4.78, 5) is 25.3. The minimum absolute atomic E-state index is 0.262. The SMILES string of the molecule is Nc1c(Cl)cc(NC(=O)c2ccc(N3CCOC3=O)cc2)cc1Cl. The maximum Gasteiger partial charge on any atom is 0.414 e. The molecule has 1 saturated heterocycles. The molecule has 3 rings (SSSR count). The highest BCUT2D eigenvalue weighted by Gasteiger charge is 2.23. The average molecular weight is 366 g/mol. The number of nitrogens with zero attached hydrogens (tertiary/aromatic N) is 1. The van der Waals surface area contributed by atoms with Gasteiger partial charge in [-0.05, 0) is 36.4 Å². The van der Waals surface area contributed by atoms with E-state index in [0.29, 0.717) is 30.1 Å². The standard InChI is InChI=1S/C16H13Cl2N3O3/c17-12-7-10(8-13(18)14(12)19)20-15(22)9-1-3-11(4-2-9)21-5-6-24-16(21)23/h1-4,7-8H,5-6,19H2,(H,20,22). The van der Waals surface area contributed by atoms with Gasteiger partial charge in [0, 0.05) is 16.9 Å². The quantitative estimate of drug-likeness (QED) is 0.810. The smallest absolute Gasteiger partial charge is 0.414 e. The van der Waals surface area contributed by atoms with Gasteiger partial charge in [0.25, 0.3) is 5.91 Å². The molecule has 24 heavy (non-hydrogen) atoms. The molecular formula is C16H13Cl2N3O3. The van der Waals surface area contributed by atoms with Crippen molar-refractivity contribution in [2.24, 2.45) is 0 Å². The summed E-state index contributed by atoms with van der Waals surface area (Å²) in [5, 5.41) is 3.23. The summed E-state index contributed by atoms with van der Waals surface area (Å²) in [5.41, 5.74) is 7.46. The number of rotatable bonds is 3. The van der Waals surface area contributed by atoms with E-state index in [-0.39, 0.29) is 21.6 Å². The number of amides is 2. The maximum atomic E-state index is 12.3. The Bertz CT molecular complexity index is 786. The van der Waals surface area contributed by atoms with E-state index in [9.17, 15) is 9.59 Å². The fourth-order valence-corrected chi connectivity index (χ4v) is 2.77. The number of anilines is 3. The molecule has 2 amide bonds. The number of halogens is 2. The molecule has 0 saturated carbocycles. The first kappa shape index (κ1) is 16.4. The zero-order valence-corrected chi connectivity index (χ0v) is 13.9. The fraction of sp³-hybridized carbons (Fsp3) is 0.125. The molecule has 0 unspecified atom stereocenters. The van der Waals surface area contributed by atoms with Crippen molar-refractivity contribution in [3.8, 4) is 0 Å². The summed E-state index contributed by atoms with van der Waals surface area (Å²) in [5.74, 6) is -0.331. The number of benzene rings is 2. The van der Waals surface area contributed by atoms with Crippen molar-refractivity contribution < 1.29 is 14.3 Å². The fourth-order valence-electron chi connectivity index (χ4n) is 2.28. The first-order valence-corrected chi connectivity index (χ1v) is 7.81. The van der Waals surface area contributed by atoms with E-state index in [1.807, 2.05) is 0 Å². The normalized spacial score (nSPS) is 13.8. The molecule has 1 heterocycles. The van der Waals surface area contributed by atoms with Gasteiger partial charge in [-0.25, -0.2) is 4.79 Å². The first-order valence-electron chi connectivity index (χ1n) is 7.06. The van der Waals surface area contributed by atoms with Crippen LogP contribution in [0.15, 0.2) is 36.4 Å². The molecule has 0 spiro atoms. The van der Waals surface area contributed by atoms with E-state index < -0.39 is 6.09 Å². The van der Waals surface area contributed by atoms with Crippen molar-refractivity contribution in [3.05, 3.63) is 52.0 Å². The topological polar surface area (TPSA) is 84.7 Å². The Labute approximate surface area is 148 Å². The Morgan fingerprint density at radius 3 is 2.33 bits per heavy atom. The summed E-state index contributed by atoms with van der Waals surface area (Å²) in [6.07, 6.45) is -0.390. The molecule has 124 valence electrons. The molecule has 1 aliphatic rings. The van der Waals surface area contributed by atoms with Crippen LogP contribution in [-0.4, -0.2) is 25.2 Å². The van der Waals surface area contributed by atoms with Gasteiger partial charge in [0.15, 0.2) is 0 Å². The predicted molar refractivity (Wildman–Crippen MR) is 94.0 cm³/mol. The molecule has 0 atom stereocenters. The molecule has 0 aromatic heterocycles. The van der Waals surface area contributed by atoms with Gasteiger partial charge in [-0.15, -0.1) is 0 Å². The number of hydrogen-bond acceptors (Lipinski definition) is 4. The molecule has 2 aromatic rings. The van der Waals surface area contributed by atoms with E-state index >= 15 is 0 Å². The van der Waals surface area contributed by atoms with E-state index in [0.717, 1.165) is 0 Å². The Kier molecular flexibility index (Phi) is 4.51. The summed E-state index contributed by atoms with van der Waals surface area (Å²) in [6, 6.07) is 9.66. The van der Waals surface area contributed by atoms with Gasteiger partial charge >= 0.3 is 6.09 Å². The number of carbonyl (C=O) groups is 2. The second-order valence-electron chi connectivity index (χ2n) is 5.12. The van der Waals surface area contributed by atoms with Crippen molar-refractivity contribution in [1.82, 2.24) is 0 Å². The number of ether oxygens (including phenoxy) is 1. The molecule has 8 heteroatoms. The predicted octanol–water partition coefficient (Wildman–Crippen LogP) is 3.78. The maximum absolute atomic E-state index is 12.3. The number of cyclic esters (lactones) is 1. The molecule has 0 bridgehead atoms. The third-order valence-electron chi connectivity index (χ3n) is 3.54. The highest BCUT2D eigenvalue weighted by molar-refractivity contribution is 6.39. The lowest BCUT2D eigenvalue weighted by Gasteiger charge is -2.13. The van der Waals surface area contributed by atoms with Crippen molar-refractivity contribution in [3.63, 3.8) is 0 Å². The number of hydrogen-bond donors (Lipinski definition) is 2. The Hall–Kier alpha value is -2.44. The molecular weight excluding hydrogens is 353 g/mol.